The van der Waals surface area contributed by atoms with Crippen LogP contribution in [0, 0.1) is 36.3 Å². The summed E-state index contributed by atoms with van der Waals surface area (Å²) in [6, 6.07) is 9.40. The van der Waals surface area contributed by atoms with Crippen LogP contribution >= 0.6 is 0 Å². The minimum absolute atomic E-state index is 0.00345. The first-order valence-electron chi connectivity index (χ1n) is 15.1. The monoisotopic (exact) mass is 633 g/mol. The maximum atomic E-state index is 15.5. The highest BCUT2D eigenvalue weighted by Gasteiger charge is 2.47. The number of aryl methyl sites for hydroxylation is 1. The van der Waals surface area contributed by atoms with E-state index < -0.39 is 33.5 Å². The highest BCUT2D eigenvalue weighted by Crippen LogP contribution is 2.47. The van der Waals surface area contributed by atoms with E-state index in [1.54, 1.807) is 12.1 Å². The Morgan fingerprint density at radius 1 is 1.00 bits per heavy atom. The summed E-state index contributed by atoms with van der Waals surface area (Å²) in [4.78, 5) is 22.0. The molecule has 3 fully saturated rings. The summed E-state index contributed by atoms with van der Waals surface area (Å²) in [5.41, 5.74) is 1.19. The van der Waals surface area contributed by atoms with Crippen LogP contribution in [-0.4, -0.2) is 44.0 Å². The van der Waals surface area contributed by atoms with Crippen molar-refractivity contribution in [2.75, 3.05) is 5.32 Å². The van der Waals surface area contributed by atoms with Crippen molar-refractivity contribution >= 4 is 43.7 Å². The number of hydrogen-bond acceptors (Lipinski definition) is 6. The average Bonchev–Trinajstić information content (AvgIpc) is 3.61. The molecule has 2 bridgehead atoms. The second-order valence-electron chi connectivity index (χ2n) is 12.6. The van der Waals surface area contributed by atoms with Crippen LogP contribution in [-0.2, 0) is 14.8 Å². The summed E-state index contributed by atoms with van der Waals surface area (Å²) in [7, 11) is -4.30. The Morgan fingerprint density at radius 2 is 1.69 bits per heavy atom. The minimum atomic E-state index is -4.30. The van der Waals surface area contributed by atoms with Crippen molar-refractivity contribution < 1.29 is 27.1 Å². The zero-order valence-corrected chi connectivity index (χ0v) is 25.9. The maximum absolute atomic E-state index is 15.5. The zero-order valence-electron chi connectivity index (χ0n) is 25.0. The Balaban J connectivity index is 1.45. The highest BCUT2D eigenvalue weighted by molar-refractivity contribution is 7.90. The van der Waals surface area contributed by atoms with Gasteiger partial charge in [0.15, 0.2) is 11.6 Å². The van der Waals surface area contributed by atoms with Gasteiger partial charge in [-0.15, -0.1) is 0 Å². The molecule has 0 amide bonds. The molecule has 9 nitrogen and oxygen atoms in total. The number of benzene rings is 2. The molecule has 0 saturated heterocycles. The van der Waals surface area contributed by atoms with Gasteiger partial charge in [0.1, 0.15) is 22.8 Å². The molecule has 8 rings (SSSR count). The molecule has 3 aliphatic rings. The van der Waals surface area contributed by atoms with Gasteiger partial charge in [0.05, 0.1) is 16.2 Å². The third kappa shape index (κ3) is 4.77. The molecular weight excluding hydrogens is 600 g/mol. The quantitative estimate of drug-likeness (QED) is 0.203. The van der Waals surface area contributed by atoms with E-state index in [1.807, 2.05) is 37.6 Å². The van der Waals surface area contributed by atoms with E-state index in [2.05, 4.69) is 5.32 Å². The average molecular weight is 634 g/mol. The fourth-order valence-electron chi connectivity index (χ4n) is 7.29. The van der Waals surface area contributed by atoms with Gasteiger partial charge in [-0.1, -0.05) is 17.7 Å². The molecule has 2 unspecified atom stereocenters. The van der Waals surface area contributed by atoms with Gasteiger partial charge in [0.2, 0.25) is 0 Å². The number of carboxylic acid groups (broad SMARTS) is 1. The molecule has 2 aromatic carbocycles. The Hall–Kier alpha value is -4.32. The van der Waals surface area contributed by atoms with Crippen molar-refractivity contribution in [3.63, 3.8) is 0 Å². The summed E-state index contributed by atoms with van der Waals surface area (Å²) in [6.07, 6.45) is 6.69. The first-order valence-corrected chi connectivity index (χ1v) is 16.6. The lowest BCUT2D eigenvalue weighted by Gasteiger charge is -2.47. The lowest BCUT2D eigenvalue weighted by atomic mass is 9.61. The van der Waals surface area contributed by atoms with Crippen LogP contribution in [0.4, 0.5) is 14.6 Å². The van der Waals surface area contributed by atoms with Crippen LogP contribution in [0.2, 0.25) is 0 Å². The number of carbonyl (C=O) groups is 1. The summed E-state index contributed by atoms with van der Waals surface area (Å²) in [5.74, 6) is -2.66. The molecule has 5 aromatic rings. The van der Waals surface area contributed by atoms with E-state index in [9.17, 15) is 22.7 Å². The Morgan fingerprint density at radius 3 is 2.36 bits per heavy atom. The third-order valence-corrected chi connectivity index (χ3v) is 11.2. The number of nitrogens with one attached hydrogen (secondary N) is 1. The molecule has 0 radical (unpaired) electrons. The highest BCUT2D eigenvalue weighted by atomic mass is 32.2. The van der Waals surface area contributed by atoms with Crippen molar-refractivity contribution in [1.29, 1.82) is 0 Å². The molecular formula is C33H33F2N5O4S. The van der Waals surface area contributed by atoms with Crippen LogP contribution in [0.3, 0.4) is 0 Å². The number of anilines is 1. The molecule has 3 aromatic heterocycles. The number of aliphatic carboxylic acids is 1. The predicted molar refractivity (Wildman–Crippen MR) is 167 cm³/mol. The summed E-state index contributed by atoms with van der Waals surface area (Å²) in [5, 5.41) is 14.3. The van der Waals surface area contributed by atoms with Crippen molar-refractivity contribution in [3.05, 3.63) is 72.1 Å². The Kier molecular flexibility index (Phi) is 6.95. The van der Waals surface area contributed by atoms with E-state index >= 15 is 4.39 Å². The lowest BCUT2D eigenvalue weighted by Crippen LogP contribution is -2.51. The standard InChI is InChI=1S/C33H33F2N5O4S/c1-17(2)39-13-12-23-30(36-28-20-8-6-19(7-9-20)27(28)33(41)42)37-31(38-32(23)39)25-16-40(29-24(25)14-21(34)15-26(29)35)45(43,44)22-10-4-18(3)5-11-22/h4-5,10-17,19-20,27-28H,6-9H2,1-3H3,(H,41,42)(H,36,37,38). The van der Waals surface area contributed by atoms with Crippen LogP contribution in [0.1, 0.15) is 51.1 Å². The van der Waals surface area contributed by atoms with Crippen molar-refractivity contribution in [3.8, 4) is 11.4 Å². The van der Waals surface area contributed by atoms with Crippen LogP contribution in [0.25, 0.3) is 33.3 Å². The SMILES string of the molecule is Cc1ccc(S(=O)(=O)n2cc(-c3nc(NC4C5CCC(CC5)C4C(=O)O)c4ccn(C(C)C)c4n3)c3cc(F)cc(F)c32)cc1. The molecule has 2 atom stereocenters. The molecule has 0 spiro atoms. The molecule has 3 saturated carbocycles. The first kappa shape index (κ1) is 29.4. The molecule has 234 valence electrons. The molecule has 0 aliphatic heterocycles. The van der Waals surface area contributed by atoms with Crippen molar-refractivity contribution in [1.82, 2.24) is 18.5 Å². The van der Waals surface area contributed by atoms with Crippen LogP contribution in [0.15, 0.2) is 59.8 Å². The van der Waals surface area contributed by atoms with E-state index in [4.69, 9.17) is 9.97 Å². The maximum Gasteiger partial charge on any atom is 0.308 e. The van der Waals surface area contributed by atoms with Gasteiger partial charge in [0.25, 0.3) is 10.0 Å². The topological polar surface area (TPSA) is 119 Å². The van der Waals surface area contributed by atoms with Crippen LogP contribution < -0.4 is 5.32 Å². The fourth-order valence-corrected chi connectivity index (χ4v) is 8.67. The van der Waals surface area contributed by atoms with Gasteiger partial charge in [-0.25, -0.2) is 31.1 Å². The van der Waals surface area contributed by atoms with E-state index in [-0.39, 0.29) is 51.1 Å². The Bertz CT molecular complexity index is 2080. The third-order valence-electron chi connectivity index (χ3n) is 9.54. The molecule has 3 aliphatic carbocycles. The van der Waals surface area contributed by atoms with Gasteiger partial charge in [0, 0.05) is 41.5 Å². The van der Waals surface area contributed by atoms with E-state index in [1.165, 1.54) is 18.3 Å². The van der Waals surface area contributed by atoms with Gasteiger partial charge < -0.3 is 15.0 Å². The zero-order chi connectivity index (χ0) is 31.8. The van der Waals surface area contributed by atoms with Crippen molar-refractivity contribution in [2.45, 2.75) is 63.4 Å². The summed E-state index contributed by atoms with van der Waals surface area (Å²) in [6.45, 7) is 5.80. The van der Waals surface area contributed by atoms with E-state index in [0.29, 0.717) is 22.9 Å². The normalized spacial score (nSPS) is 21.6. The molecule has 45 heavy (non-hydrogen) atoms. The molecule has 12 heteroatoms. The molecule has 3 heterocycles. The lowest BCUT2D eigenvalue weighted by molar-refractivity contribution is -0.148. The minimum Gasteiger partial charge on any atom is -0.481 e. The molecule has 2 N–H and O–H groups in total. The number of hydrogen-bond donors (Lipinski definition) is 2. The Labute approximate surface area is 259 Å². The smallest absolute Gasteiger partial charge is 0.308 e. The second kappa shape index (κ2) is 10.6. The van der Waals surface area contributed by atoms with Crippen LogP contribution in [0.5, 0.6) is 0 Å². The summed E-state index contributed by atoms with van der Waals surface area (Å²) < 4.78 is 60.6. The van der Waals surface area contributed by atoms with Crippen molar-refractivity contribution in [2.24, 2.45) is 17.8 Å². The number of aromatic nitrogens is 4. The number of fused-ring (bicyclic) bond motifs is 5. The van der Waals surface area contributed by atoms with E-state index in [0.717, 1.165) is 41.3 Å². The predicted octanol–water partition coefficient (Wildman–Crippen LogP) is 6.76. The van der Waals surface area contributed by atoms with Gasteiger partial charge in [-0.2, -0.15) is 0 Å². The van der Waals surface area contributed by atoms with Gasteiger partial charge in [-0.05, 0) is 82.6 Å². The van der Waals surface area contributed by atoms with Gasteiger partial charge >= 0.3 is 5.97 Å². The summed E-state index contributed by atoms with van der Waals surface area (Å²) >= 11 is 0. The first-order chi connectivity index (χ1) is 21.4. The number of halogens is 2. The largest absolute Gasteiger partial charge is 0.481 e. The number of nitrogens with zero attached hydrogens (tertiary/aromatic N) is 4. The van der Waals surface area contributed by atoms with Gasteiger partial charge in [-0.3, -0.25) is 4.79 Å². The number of carboxylic acids is 1. The fraction of sp³-hybridized carbons (Fsp3) is 0.364. The number of rotatable bonds is 7. The second-order valence-corrected chi connectivity index (χ2v) is 14.4.